The summed E-state index contributed by atoms with van der Waals surface area (Å²) < 4.78 is 47.1. The Morgan fingerprint density at radius 1 is 1.17 bits per heavy atom. The van der Waals surface area contributed by atoms with Crippen molar-refractivity contribution in [1.82, 2.24) is 15.3 Å². The number of alkyl halides is 3. The number of nitrogens with one attached hydrogen (secondary N) is 2. The van der Waals surface area contributed by atoms with Crippen molar-refractivity contribution < 1.29 is 32.2 Å². The molecule has 0 aliphatic carbocycles. The molecule has 0 aliphatic heterocycles. The highest BCUT2D eigenvalue weighted by atomic mass is 19.4. The summed E-state index contributed by atoms with van der Waals surface area (Å²) in [4.78, 5) is 31.6. The Kier molecular flexibility index (Phi) is 7.56. The summed E-state index contributed by atoms with van der Waals surface area (Å²) in [5, 5.41) is 5.19. The van der Waals surface area contributed by atoms with Gasteiger partial charge in [0.05, 0.1) is 6.61 Å². The summed E-state index contributed by atoms with van der Waals surface area (Å²) in [7, 11) is 0. The molecule has 162 valence electrons. The predicted octanol–water partition coefficient (Wildman–Crippen LogP) is 3.01. The Morgan fingerprint density at radius 3 is 2.53 bits per heavy atom. The highest BCUT2D eigenvalue weighted by Gasteiger charge is 2.29. The van der Waals surface area contributed by atoms with Gasteiger partial charge in [-0.15, -0.1) is 0 Å². The van der Waals surface area contributed by atoms with Crippen molar-refractivity contribution in [2.24, 2.45) is 0 Å². The van der Waals surface area contributed by atoms with Gasteiger partial charge >= 0.3 is 6.18 Å². The first kappa shape index (κ1) is 22.9. The summed E-state index contributed by atoms with van der Waals surface area (Å²) in [6, 6.07) is 4.43. The lowest BCUT2D eigenvalue weighted by atomic mass is 10.2. The maximum absolute atomic E-state index is 12.4. The molecule has 0 saturated carbocycles. The number of halogens is 3. The van der Waals surface area contributed by atoms with Crippen LogP contribution >= 0.6 is 0 Å². The molecule has 0 unspecified atom stereocenters. The highest BCUT2D eigenvalue weighted by molar-refractivity contribution is 5.96. The summed E-state index contributed by atoms with van der Waals surface area (Å²) >= 11 is 0. The smallest absolute Gasteiger partial charge is 0.422 e. The zero-order valence-corrected chi connectivity index (χ0v) is 16.6. The van der Waals surface area contributed by atoms with Gasteiger partial charge in [0.1, 0.15) is 5.82 Å². The van der Waals surface area contributed by atoms with Crippen LogP contribution in [0.1, 0.15) is 35.5 Å². The van der Waals surface area contributed by atoms with Crippen molar-refractivity contribution in [1.29, 1.82) is 0 Å². The fourth-order valence-corrected chi connectivity index (χ4v) is 2.42. The summed E-state index contributed by atoms with van der Waals surface area (Å²) in [5.74, 6) is -0.737. The molecule has 0 bridgehead atoms. The standard InChI is InChI=1S/C19H21F3N4O4/c1-4-29-15-6-13(9-24-18(15)30-10-19(20,21)22)8-23-17(28)14-5-11(2)25-16(7-14)26-12(3)27/h5-7,9H,4,8,10H2,1-3H3,(H,23,28)(H,25,26,27). The van der Waals surface area contributed by atoms with E-state index < -0.39 is 18.7 Å². The Hall–Kier alpha value is -3.37. The number of ether oxygens (including phenoxy) is 2. The molecule has 0 radical (unpaired) electrons. The number of nitrogens with zero attached hydrogens (tertiary/aromatic N) is 2. The summed E-state index contributed by atoms with van der Waals surface area (Å²) in [6.45, 7) is 3.42. The Morgan fingerprint density at radius 2 is 1.90 bits per heavy atom. The monoisotopic (exact) mass is 426 g/mol. The third-order valence-corrected chi connectivity index (χ3v) is 3.52. The minimum absolute atomic E-state index is 0.0428. The number of carbonyl (C=O) groups excluding carboxylic acids is 2. The topological polar surface area (TPSA) is 102 Å². The molecule has 2 aromatic heterocycles. The van der Waals surface area contributed by atoms with E-state index in [1.165, 1.54) is 25.3 Å². The van der Waals surface area contributed by atoms with E-state index in [4.69, 9.17) is 4.74 Å². The average molecular weight is 426 g/mol. The molecule has 2 N–H and O–H groups in total. The molecule has 0 fully saturated rings. The number of aryl methyl sites for hydroxylation is 1. The van der Waals surface area contributed by atoms with Gasteiger partial charge in [-0.3, -0.25) is 9.59 Å². The van der Waals surface area contributed by atoms with Crippen LogP contribution in [0.5, 0.6) is 11.6 Å². The highest BCUT2D eigenvalue weighted by Crippen LogP contribution is 2.27. The molecule has 2 aromatic rings. The van der Waals surface area contributed by atoms with E-state index in [9.17, 15) is 22.8 Å². The Labute approximate surface area is 170 Å². The average Bonchev–Trinajstić information content (AvgIpc) is 2.63. The molecule has 0 saturated heterocycles. The molecule has 8 nitrogen and oxygen atoms in total. The SMILES string of the molecule is CCOc1cc(CNC(=O)c2cc(C)nc(NC(C)=O)c2)cnc1OCC(F)(F)F. The van der Waals surface area contributed by atoms with Crippen molar-refractivity contribution in [3.8, 4) is 11.6 Å². The summed E-state index contributed by atoms with van der Waals surface area (Å²) in [5.41, 5.74) is 1.33. The zero-order valence-electron chi connectivity index (χ0n) is 16.6. The van der Waals surface area contributed by atoms with E-state index in [-0.39, 0.29) is 42.1 Å². The van der Waals surface area contributed by atoms with Gasteiger partial charge in [-0.05, 0) is 37.6 Å². The maximum Gasteiger partial charge on any atom is 0.422 e. The summed E-state index contributed by atoms with van der Waals surface area (Å²) in [6.07, 6.45) is -3.22. The molecule has 0 aromatic carbocycles. The molecule has 11 heteroatoms. The van der Waals surface area contributed by atoms with Crippen molar-refractivity contribution in [2.45, 2.75) is 33.5 Å². The Bertz CT molecular complexity index is 919. The number of rotatable bonds is 8. The third-order valence-electron chi connectivity index (χ3n) is 3.52. The van der Waals surface area contributed by atoms with Gasteiger partial charge in [0, 0.05) is 30.9 Å². The third kappa shape index (κ3) is 7.22. The Balaban J connectivity index is 2.09. The normalized spacial score (nSPS) is 11.0. The predicted molar refractivity (Wildman–Crippen MR) is 101 cm³/mol. The molecule has 2 heterocycles. The fraction of sp³-hybridized carbons (Fsp3) is 0.368. The molecular weight excluding hydrogens is 405 g/mol. The number of aromatic nitrogens is 2. The quantitative estimate of drug-likeness (QED) is 0.673. The van der Waals surface area contributed by atoms with Crippen LogP contribution in [-0.4, -0.2) is 41.2 Å². The fourth-order valence-electron chi connectivity index (χ4n) is 2.42. The van der Waals surface area contributed by atoms with Crippen LogP contribution in [-0.2, 0) is 11.3 Å². The minimum atomic E-state index is -4.50. The molecule has 0 spiro atoms. The van der Waals surface area contributed by atoms with Crippen molar-refractivity contribution >= 4 is 17.6 Å². The molecule has 2 amide bonds. The lowest BCUT2D eigenvalue weighted by Gasteiger charge is -2.14. The van der Waals surface area contributed by atoms with Crippen LogP contribution in [0.2, 0.25) is 0 Å². The number of amides is 2. The van der Waals surface area contributed by atoms with Crippen LogP contribution in [0.25, 0.3) is 0 Å². The van der Waals surface area contributed by atoms with Gasteiger partial charge < -0.3 is 20.1 Å². The molecule has 0 atom stereocenters. The van der Waals surface area contributed by atoms with Gasteiger partial charge in [0.25, 0.3) is 11.8 Å². The maximum atomic E-state index is 12.4. The van der Waals surface area contributed by atoms with E-state index in [0.29, 0.717) is 11.3 Å². The number of hydrogen-bond acceptors (Lipinski definition) is 6. The van der Waals surface area contributed by atoms with E-state index >= 15 is 0 Å². The van der Waals surface area contributed by atoms with Crippen LogP contribution in [0.15, 0.2) is 24.4 Å². The van der Waals surface area contributed by atoms with Crippen LogP contribution < -0.4 is 20.1 Å². The van der Waals surface area contributed by atoms with Gasteiger partial charge in [-0.1, -0.05) is 0 Å². The van der Waals surface area contributed by atoms with Crippen LogP contribution in [0.4, 0.5) is 19.0 Å². The van der Waals surface area contributed by atoms with Crippen molar-refractivity contribution in [3.05, 3.63) is 41.2 Å². The van der Waals surface area contributed by atoms with Gasteiger partial charge in [0.15, 0.2) is 12.4 Å². The van der Waals surface area contributed by atoms with E-state index in [0.717, 1.165) is 0 Å². The van der Waals surface area contributed by atoms with Gasteiger partial charge in [-0.2, -0.15) is 13.2 Å². The molecule has 2 rings (SSSR count). The second-order valence-electron chi connectivity index (χ2n) is 6.23. The number of hydrogen-bond donors (Lipinski definition) is 2. The lowest BCUT2D eigenvalue weighted by Crippen LogP contribution is -2.24. The largest absolute Gasteiger partial charge is 0.488 e. The lowest BCUT2D eigenvalue weighted by molar-refractivity contribution is -0.154. The second-order valence-corrected chi connectivity index (χ2v) is 6.23. The number of anilines is 1. The van der Waals surface area contributed by atoms with Crippen molar-refractivity contribution in [3.63, 3.8) is 0 Å². The number of pyridine rings is 2. The van der Waals surface area contributed by atoms with E-state index in [1.807, 2.05) is 0 Å². The van der Waals surface area contributed by atoms with E-state index in [2.05, 4.69) is 25.3 Å². The van der Waals surface area contributed by atoms with E-state index in [1.54, 1.807) is 19.9 Å². The van der Waals surface area contributed by atoms with Crippen molar-refractivity contribution in [2.75, 3.05) is 18.5 Å². The first-order chi connectivity index (χ1) is 14.1. The molecule has 30 heavy (non-hydrogen) atoms. The van der Waals surface area contributed by atoms with Crippen LogP contribution in [0.3, 0.4) is 0 Å². The van der Waals surface area contributed by atoms with Crippen LogP contribution in [0, 0.1) is 6.92 Å². The first-order valence-electron chi connectivity index (χ1n) is 8.93. The second kappa shape index (κ2) is 9.90. The van der Waals surface area contributed by atoms with Gasteiger partial charge in [-0.25, -0.2) is 9.97 Å². The minimum Gasteiger partial charge on any atom is -0.488 e. The number of carbonyl (C=O) groups is 2. The molecular formula is C19H21F3N4O4. The first-order valence-corrected chi connectivity index (χ1v) is 8.93. The molecule has 0 aliphatic rings. The van der Waals surface area contributed by atoms with Gasteiger partial charge in [0.2, 0.25) is 5.91 Å². The zero-order chi connectivity index (χ0) is 22.3.